The second-order valence-corrected chi connectivity index (χ2v) is 15.7. The Hall–Kier alpha value is -8.14. The molecule has 2 heterocycles. The van der Waals surface area contributed by atoms with Crippen LogP contribution in [0.1, 0.15) is 0 Å². The van der Waals surface area contributed by atoms with Gasteiger partial charge in [0, 0.05) is 49.7 Å². The van der Waals surface area contributed by atoms with E-state index in [1.807, 2.05) is 6.07 Å². The maximum absolute atomic E-state index is 6.79. The number of aromatic nitrogens is 1. The zero-order valence-corrected chi connectivity index (χ0v) is 33.2. The minimum absolute atomic E-state index is 0.887. The number of hydrogen-bond acceptors (Lipinski definition) is 2. The number of anilines is 3. The molecule has 10 aromatic carbocycles. The SMILES string of the molecule is c1ccc(-c2ccc(N(c3ccc(-c4cccc(-n5c6ccccc6c6ccccc65)c4)cc3)c3ccccc3-c3c4ccccc4cc4c3oc3ccccc34)cc2)cc1. The predicted octanol–water partition coefficient (Wildman–Crippen LogP) is 16.3. The number of nitrogens with zero attached hydrogens (tertiary/aromatic N) is 2. The summed E-state index contributed by atoms with van der Waals surface area (Å²) in [6, 6.07) is 82.8. The van der Waals surface area contributed by atoms with Gasteiger partial charge in [-0.1, -0.05) is 164 Å². The van der Waals surface area contributed by atoms with E-state index < -0.39 is 0 Å². The molecule has 0 saturated heterocycles. The number of para-hydroxylation sites is 4. The van der Waals surface area contributed by atoms with Crippen molar-refractivity contribution in [3.8, 4) is 39.1 Å². The second-order valence-electron chi connectivity index (χ2n) is 15.7. The first kappa shape index (κ1) is 34.9. The molecule has 2 aromatic heterocycles. The van der Waals surface area contributed by atoms with Crippen molar-refractivity contribution >= 4 is 71.6 Å². The zero-order valence-electron chi connectivity index (χ0n) is 33.2. The van der Waals surface area contributed by atoms with Crippen LogP contribution in [0.3, 0.4) is 0 Å². The van der Waals surface area contributed by atoms with Crippen LogP contribution in [0.25, 0.3) is 93.6 Å². The third kappa shape index (κ3) is 5.82. The van der Waals surface area contributed by atoms with Gasteiger partial charge in [-0.25, -0.2) is 0 Å². The van der Waals surface area contributed by atoms with Gasteiger partial charge in [0.05, 0.1) is 16.7 Å². The smallest absolute Gasteiger partial charge is 0.143 e. The molecule has 0 fully saturated rings. The van der Waals surface area contributed by atoms with Crippen molar-refractivity contribution < 1.29 is 4.42 Å². The third-order valence-corrected chi connectivity index (χ3v) is 12.2. The number of fused-ring (bicyclic) bond motifs is 7. The van der Waals surface area contributed by atoms with Gasteiger partial charge in [-0.3, -0.25) is 0 Å². The normalized spacial score (nSPS) is 11.6. The van der Waals surface area contributed by atoms with Crippen molar-refractivity contribution in [1.82, 2.24) is 4.57 Å². The van der Waals surface area contributed by atoms with Crippen LogP contribution in [-0.2, 0) is 0 Å². The standard InChI is InChI=1S/C58H38N2O/c1-2-15-39(16-3-1)40-29-33-44(34-30-40)59(55-27-12-8-24-51(55)57-47-20-5-4-17-43(47)38-52-50-23-9-13-28-56(50)61-58(52)57)45-35-31-41(32-36-45)42-18-14-19-46(37-42)60-53-25-10-6-21-48(53)49-22-7-11-26-54(49)60/h1-38H. The van der Waals surface area contributed by atoms with Gasteiger partial charge in [0.2, 0.25) is 0 Å². The summed E-state index contributed by atoms with van der Waals surface area (Å²) in [5.74, 6) is 0. The van der Waals surface area contributed by atoms with Crippen LogP contribution in [0.5, 0.6) is 0 Å². The first-order valence-corrected chi connectivity index (χ1v) is 20.8. The van der Waals surface area contributed by atoms with Gasteiger partial charge in [0.15, 0.2) is 0 Å². The summed E-state index contributed by atoms with van der Waals surface area (Å²) in [7, 11) is 0. The molecule has 3 heteroatoms. The molecule has 0 aliphatic heterocycles. The maximum Gasteiger partial charge on any atom is 0.143 e. The van der Waals surface area contributed by atoms with Gasteiger partial charge in [0.25, 0.3) is 0 Å². The van der Waals surface area contributed by atoms with E-state index in [0.29, 0.717) is 0 Å². The molecule has 0 aliphatic rings. The molecule has 286 valence electrons. The molecule has 61 heavy (non-hydrogen) atoms. The van der Waals surface area contributed by atoms with Crippen LogP contribution in [0.15, 0.2) is 235 Å². The number of benzene rings is 10. The van der Waals surface area contributed by atoms with Gasteiger partial charge in [0.1, 0.15) is 11.2 Å². The van der Waals surface area contributed by atoms with E-state index in [9.17, 15) is 0 Å². The van der Waals surface area contributed by atoms with Crippen molar-refractivity contribution in [3.63, 3.8) is 0 Å². The maximum atomic E-state index is 6.79. The highest BCUT2D eigenvalue weighted by Crippen LogP contribution is 2.47. The summed E-state index contributed by atoms with van der Waals surface area (Å²) in [6.07, 6.45) is 0. The second kappa shape index (κ2) is 14.3. The Kier molecular flexibility index (Phi) is 8.17. The van der Waals surface area contributed by atoms with E-state index >= 15 is 0 Å². The van der Waals surface area contributed by atoms with Crippen molar-refractivity contribution in [1.29, 1.82) is 0 Å². The lowest BCUT2D eigenvalue weighted by atomic mass is 9.93. The molecule has 0 spiro atoms. The summed E-state index contributed by atoms with van der Waals surface area (Å²) in [5.41, 5.74) is 15.4. The zero-order chi connectivity index (χ0) is 40.3. The van der Waals surface area contributed by atoms with Crippen molar-refractivity contribution in [2.24, 2.45) is 0 Å². The van der Waals surface area contributed by atoms with E-state index in [1.54, 1.807) is 0 Å². The van der Waals surface area contributed by atoms with Crippen LogP contribution in [0.4, 0.5) is 17.1 Å². The summed E-state index contributed by atoms with van der Waals surface area (Å²) in [4.78, 5) is 2.39. The summed E-state index contributed by atoms with van der Waals surface area (Å²) in [5, 5.41) is 7.08. The Labute approximate surface area is 353 Å². The fourth-order valence-corrected chi connectivity index (χ4v) is 9.36. The highest BCUT2D eigenvalue weighted by molar-refractivity contribution is 6.19. The molecule has 12 rings (SSSR count). The molecule has 0 atom stereocenters. The Morgan fingerprint density at radius 2 is 0.902 bits per heavy atom. The molecule has 12 aromatic rings. The highest BCUT2D eigenvalue weighted by Gasteiger charge is 2.23. The summed E-state index contributed by atoms with van der Waals surface area (Å²) in [6.45, 7) is 0. The Morgan fingerprint density at radius 1 is 0.361 bits per heavy atom. The molecular weight excluding hydrogens is 741 g/mol. The van der Waals surface area contributed by atoms with Gasteiger partial charge >= 0.3 is 0 Å². The van der Waals surface area contributed by atoms with Gasteiger partial charge in [-0.2, -0.15) is 0 Å². The molecule has 0 saturated carbocycles. The third-order valence-electron chi connectivity index (χ3n) is 12.2. The van der Waals surface area contributed by atoms with Crippen molar-refractivity contribution in [3.05, 3.63) is 231 Å². The van der Waals surface area contributed by atoms with Gasteiger partial charge < -0.3 is 13.9 Å². The molecule has 0 amide bonds. The lowest BCUT2D eigenvalue weighted by molar-refractivity contribution is 0.670. The quantitative estimate of drug-likeness (QED) is 0.161. The van der Waals surface area contributed by atoms with E-state index in [2.05, 4.69) is 234 Å². The van der Waals surface area contributed by atoms with Gasteiger partial charge in [-0.15, -0.1) is 0 Å². The Balaban J connectivity index is 1.02. The molecule has 0 aliphatic carbocycles. The van der Waals surface area contributed by atoms with Crippen LogP contribution in [0.2, 0.25) is 0 Å². The van der Waals surface area contributed by atoms with Crippen LogP contribution < -0.4 is 4.90 Å². The average Bonchev–Trinajstić information content (AvgIpc) is 3.87. The molecule has 0 unspecified atom stereocenters. The Morgan fingerprint density at radius 3 is 1.62 bits per heavy atom. The van der Waals surface area contributed by atoms with Crippen LogP contribution >= 0.6 is 0 Å². The first-order valence-electron chi connectivity index (χ1n) is 20.8. The van der Waals surface area contributed by atoms with Crippen molar-refractivity contribution in [2.45, 2.75) is 0 Å². The minimum atomic E-state index is 0.887. The first-order chi connectivity index (χ1) is 30.3. The van der Waals surface area contributed by atoms with E-state index in [-0.39, 0.29) is 0 Å². The number of hydrogen-bond donors (Lipinski definition) is 0. The number of furan rings is 1. The lowest BCUT2D eigenvalue weighted by Gasteiger charge is -2.28. The van der Waals surface area contributed by atoms with E-state index in [1.165, 1.54) is 38.3 Å². The van der Waals surface area contributed by atoms with Crippen molar-refractivity contribution in [2.75, 3.05) is 4.90 Å². The fourth-order valence-electron chi connectivity index (χ4n) is 9.36. The topological polar surface area (TPSA) is 21.3 Å². The molecule has 3 nitrogen and oxygen atoms in total. The Bertz CT molecular complexity index is 3520. The number of rotatable bonds is 7. The van der Waals surface area contributed by atoms with E-state index in [4.69, 9.17) is 4.42 Å². The highest BCUT2D eigenvalue weighted by atomic mass is 16.3. The minimum Gasteiger partial charge on any atom is -0.455 e. The van der Waals surface area contributed by atoms with Crippen LogP contribution in [-0.4, -0.2) is 4.57 Å². The summed E-state index contributed by atoms with van der Waals surface area (Å²) < 4.78 is 9.17. The molecular formula is C58H38N2O. The monoisotopic (exact) mass is 778 g/mol. The largest absolute Gasteiger partial charge is 0.455 e. The fraction of sp³-hybridized carbons (Fsp3) is 0. The van der Waals surface area contributed by atoms with E-state index in [0.717, 1.165) is 72.3 Å². The van der Waals surface area contributed by atoms with Crippen LogP contribution in [0, 0.1) is 0 Å². The molecule has 0 N–H and O–H groups in total. The average molecular weight is 779 g/mol. The van der Waals surface area contributed by atoms with Gasteiger partial charge in [-0.05, 0) is 99.8 Å². The molecule has 0 bridgehead atoms. The molecule has 0 radical (unpaired) electrons. The summed E-state index contributed by atoms with van der Waals surface area (Å²) >= 11 is 0. The predicted molar refractivity (Wildman–Crippen MR) is 257 cm³/mol. The lowest BCUT2D eigenvalue weighted by Crippen LogP contribution is -2.11.